The number of nitrogen functional groups attached to an aromatic ring is 1. The third-order valence-corrected chi connectivity index (χ3v) is 3.73. The molecule has 5 nitrogen and oxygen atoms in total. The first-order chi connectivity index (χ1) is 8.72. The minimum Gasteiger partial charge on any atom is -0.399 e. The van der Waals surface area contributed by atoms with E-state index in [2.05, 4.69) is 21.4 Å². The Balaban J connectivity index is 1.76. The molecule has 18 heavy (non-hydrogen) atoms. The lowest BCUT2D eigenvalue weighted by Gasteiger charge is -2.00. The molecule has 0 bridgehead atoms. The molecule has 6 heteroatoms. The molecule has 0 aliphatic carbocycles. The van der Waals surface area contributed by atoms with Crippen molar-refractivity contribution >= 4 is 22.0 Å². The van der Waals surface area contributed by atoms with Gasteiger partial charge in [0, 0.05) is 12.1 Å². The topological polar surface area (TPSA) is 69.1 Å². The summed E-state index contributed by atoms with van der Waals surface area (Å²) in [5, 5.41) is 13.6. The monoisotopic (exact) mass is 259 g/mol. The molecule has 3 rings (SSSR count). The van der Waals surface area contributed by atoms with Gasteiger partial charge in [0.05, 0.1) is 0 Å². The zero-order chi connectivity index (χ0) is 12.5. The SMILES string of the molecule is Cc1nnc2sc(CCc3cccc(N)c3)nn12. The van der Waals surface area contributed by atoms with Crippen LogP contribution in [0.5, 0.6) is 0 Å². The van der Waals surface area contributed by atoms with Gasteiger partial charge < -0.3 is 5.73 Å². The lowest BCUT2D eigenvalue weighted by atomic mass is 10.1. The molecule has 2 aromatic heterocycles. The fraction of sp³-hybridized carbons (Fsp3) is 0.250. The maximum atomic E-state index is 5.76. The zero-order valence-electron chi connectivity index (χ0n) is 10.00. The molecular formula is C12H13N5S. The number of aromatic nitrogens is 4. The van der Waals surface area contributed by atoms with Crippen LogP contribution in [0.15, 0.2) is 24.3 Å². The molecule has 0 spiro atoms. The lowest BCUT2D eigenvalue weighted by Crippen LogP contribution is -1.95. The molecule has 0 aliphatic heterocycles. The Bertz CT molecular complexity index is 685. The van der Waals surface area contributed by atoms with E-state index < -0.39 is 0 Å². The van der Waals surface area contributed by atoms with Crippen LogP contribution >= 0.6 is 11.3 Å². The summed E-state index contributed by atoms with van der Waals surface area (Å²) >= 11 is 1.59. The van der Waals surface area contributed by atoms with E-state index in [1.165, 1.54) is 5.56 Å². The number of fused-ring (bicyclic) bond motifs is 1. The van der Waals surface area contributed by atoms with Crippen LogP contribution in [0.2, 0.25) is 0 Å². The number of nitrogens with zero attached hydrogens (tertiary/aromatic N) is 4. The maximum absolute atomic E-state index is 5.76. The summed E-state index contributed by atoms with van der Waals surface area (Å²) in [6.07, 6.45) is 1.84. The van der Waals surface area contributed by atoms with Crippen molar-refractivity contribution in [2.45, 2.75) is 19.8 Å². The van der Waals surface area contributed by atoms with Crippen LogP contribution in [0.4, 0.5) is 5.69 Å². The van der Waals surface area contributed by atoms with Gasteiger partial charge in [-0.2, -0.15) is 9.61 Å². The Morgan fingerprint density at radius 1 is 1.28 bits per heavy atom. The number of hydrogen-bond donors (Lipinski definition) is 1. The predicted molar refractivity (Wildman–Crippen MR) is 71.7 cm³/mol. The molecule has 0 atom stereocenters. The van der Waals surface area contributed by atoms with Crippen LogP contribution in [-0.2, 0) is 12.8 Å². The minimum absolute atomic E-state index is 0.807. The third kappa shape index (κ3) is 2.06. The highest BCUT2D eigenvalue weighted by molar-refractivity contribution is 7.16. The number of rotatable bonds is 3. The van der Waals surface area contributed by atoms with Gasteiger partial charge >= 0.3 is 0 Å². The van der Waals surface area contributed by atoms with Gasteiger partial charge in [-0.3, -0.25) is 0 Å². The van der Waals surface area contributed by atoms with Gasteiger partial charge in [-0.1, -0.05) is 23.5 Å². The summed E-state index contributed by atoms with van der Waals surface area (Å²) in [4.78, 5) is 0.857. The summed E-state index contributed by atoms with van der Waals surface area (Å²) in [6, 6.07) is 7.97. The number of benzene rings is 1. The highest BCUT2D eigenvalue weighted by Crippen LogP contribution is 2.16. The Morgan fingerprint density at radius 2 is 2.17 bits per heavy atom. The van der Waals surface area contributed by atoms with E-state index in [-0.39, 0.29) is 0 Å². The molecule has 0 saturated heterocycles. The molecule has 0 radical (unpaired) electrons. The van der Waals surface area contributed by atoms with Gasteiger partial charge in [0.25, 0.3) is 0 Å². The quantitative estimate of drug-likeness (QED) is 0.729. The fourth-order valence-electron chi connectivity index (χ4n) is 1.86. The molecule has 0 saturated carbocycles. The van der Waals surface area contributed by atoms with E-state index in [0.29, 0.717) is 0 Å². The summed E-state index contributed by atoms with van der Waals surface area (Å²) < 4.78 is 1.79. The second kappa shape index (κ2) is 4.38. The second-order valence-electron chi connectivity index (χ2n) is 4.18. The van der Waals surface area contributed by atoms with Gasteiger partial charge in [-0.15, -0.1) is 10.2 Å². The van der Waals surface area contributed by atoms with Gasteiger partial charge in [-0.25, -0.2) is 0 Å². The number of anilines is 1. The van der Waals surface area contributed by atoms with Crippen LogP contribution in [0.25, 0.3) is 4.96 Å². The molecular weight excluding hydrogens is 246 g/mol. The van der Waals surface area contributed by atoms with Gasteiger partial charge in [0.15, 0.2) is 5.82 Å². The number of nitrogens with two attached hydrogens (primary N) is 1. The molecule has 2 heterocycles. The standard InChI is InChI=1S/C12H13N5S/c1-8-14-15-12-17(8)16-11(18-12)6-5-9-3-2-4-10(13)7-9/h2-4,7H,5-6,13H2,1H3. The smallest absolute Gasteiger partial charge is 0.234 e. The fourth-order valence-corrected chi connectivity index (χ4v) is 2.73. The lowest BCUT2D eigenvalue weighted by molar-refractivity contribution is 0.833. The van der Waals surface area contributed by atoms with Crippen molar-refractivity contribution in [2.24, 2.45) is 0 Å². The molecule has 3 aromatic rings. The predicted octanol–water partition coefficient (Wildman–Crippen LogP) is 1.86. The van der Waals surface area contributed by atoms with E-state index in [0.717, 1.165) is 34.3 Å². The summed E-state index contributed by atoms with van der Waals surface area (Å²) in [5.74, 6) is 0.830. The summed E-state index contributed by atoms with van der Waals surface area (Å²) in [7, 11) is 0. The molecule has 1 aromatic carbocycles. The Hall–Kier alpha value is -1.95. The van der Waals surface area contributed by atoms with Crippen molar-refractivity contribution in [3.63, 3.8) is 0 Å². The Morgan fingerprint density at radius 3 is 2.94 bits per heavy atom. The third-order valence-electron chi connectivity index (χ3n) is 2.77. The van der Waals surface area contributed by atoms with Crippen LogP contribution in [0.3, 0.4) is 0 Å². The average Bonchev–Trinajstić information content (AvgIpc) is 2.90. The van der Waals surface area contributed by atoms with Crippen LogP contribution in [0.1, 0.15) is 16.4 Å². The normalized spacial score (nSPS) is 11.2. The first-order valence-electron chi connectivity index (χ1n) is 5.74. The molecule has 0 fully saturated rings. The summed E-state index contributed by atoms with van der Waals surface area (Å²) in [5.41, 5.74) is 7.80. The van der Waals surface area contributed by atoms with Crippen LogP contribution < -0.4 is 5.73 Å². The highest BCUT2D eigenvalue weighted by Gasteiger charge is 2.08. The van der Waals surface area contributed by atoms with Crippen molar-refractivity contribution in [3.8, 4) is 0 Å². The molecule has 92 valence electrons. The Kier molecular flexibility index (Phi) is 2.71. The van der Waals surface area contributed by atoms with Gasteiger partial charge in [-0.05, 0) is 31.0 Å². The number of aryl methyl sites for hydroxylation is 3. The highest BCUT2D eigenvalue weighted by atomic mass is 32.1. The maximum Gasteiger partial charge on any atom is 0.234 e. The van der Waals surface area contributed by atoms with Crippen molar-refractivity contribution in [1.82, 2.24) is 19.8 Å². The molecule has 2 N–H and O–H groups in total. The first-order valence-corrected chi connectivity index (χ1v) is 6.56. The van der Waals surface area contributed by atoms with Gasteiger partial charge in [0.2, 0.25) is 4.96 Å². The van der Waals surface area contributed by atoms with Crippen molar-refractivity contribution in [1.29, 1.82) is 0 Å². The van der Waals surface area contributed by atoms with Crippen LogP contribution in [-0.4, -0.2) is 19.8 Å². The van der Waals surface area contributed by atoms with Crippen molar-refractivity contribution in [2.75, 3.05) is 5.73 Å². The minimum atomic E-state index is 0.807. The van der Waals surface area contributed by atoms with E-state index in [1.54, 1.807) is 15.9 Å². The zero-order valence-corrected chi connectivity index (χ0v) is 10.8. The van der Waals surface area contributed by atoms with Crippen LogP contribution in [0, 0.1) is 6.92 Å². The van der Waals surface area contributed by atoms with E-state index in [9.17, 15) is 0 Å². The van der Waals surface area contributed by atoms with Gasteiger partial charge in [0.1, 0.15) is 5.01 Å². The molecule has 0 amide bonds. The molecule has 0 unspecified atom stereocenters. The van der Waals surface area contributed by atoms with Crippen molar-refractivity contribution < 1.29 is 0 Å². The Labute approximate surface area is 108 Å². The average molecular weight is 259 g/mol. The first kappa shape index (κ1) is 11.2. The molecule has 0 aliphatic rings. The van der Waals surface area contributed by atoms with E-state index in [1.807, 2.05) is 25.1 Å². The van der Waals surface area contributed by atoms with E-state index in [4.69, 9.17) is 5.73 Å². The van der Waals surface area contributed by atoms with Crippen molar-refractivity contribution in [3.05, 3.63) is 40.7 Å². The number of hydrogen-bond acceptors (Lipinski definition) is 5. The second-order valence-corrected chi connectivity index (χ2v) is 5.22. The summed E-state index contributed by atoms with van der Waals surface area (Å²) in [6.45, 7) is 1.90. The largest absolute Gasteiger partial charge is 0.399 e. The van der Waals surface area contributed by atoms with E-state index >= 15 is 0 Å².